The number of anilines is 1. The number of rotatable bonds is 7. The lowest BCUT2D eigenvalue weighted by Crippen LogP contribution is -2.30. The molecule has 2 N–H and O–H groups in total. The lowest BCUT2D eigenvalue weighted by Gasteiger charge is -2.08. The van der Waals surface area contributed by atoms with Gasteiger partial charge in [-0.1, -0.05) is 29.8 Å². The molecule has 0 radical (unpaired) electrons. The van der Waals surface area contributed by atoms with Crippen LogP contribution in [0.25, 0.3) is 0 Å². The zero-order valence-corrected chi connectivity index (χ0v) is 15.6. The Labute approximate surface area is 153 Å². The van der Waals surface area contributed by atoms with Crippen molar-refractivity contribution in [2.45, 2.75) is 38.0 Å². The van der Waals surface area contributed by atoms with Gasteiger partial charge in [0.25, 0.3) is 10.0 Å². The van der Waals surface area contributed by atoms with Gasteiger partial charge in [0.2, 0.25) is 11.8 Å². The molecule has 2 aromatic rings. The van der Waals surface area contributed by atoms with E-state index in [9.17, 15) is 18.0 Å². The van der Waals surface area contributed by atoms with E-state index in [1.54, 1.807) is 0 Å². The van der Waals surface area contributed by atoms with Gasteiger partial charge in [-0.3, -0.25) is 9.59 Å². The molecule has 0 aliphatic heterocycles. The Balaban J connectivity index is 1.88. The van der Waals surface area contributed by atoms with Gasteiger partial charge < -0.3 is 5.32 Å². The lowest BCUT2D eigenvalue weighted by molar-refractivity contribution is -0.119. The lowest BCUT2D eigenvalue weighted by atomic mass is 10.1. The Morgan fingerprint density at radius 2 is 1.58 bits per heavy atom. The van der Waals surface area contributed by atoms with E-state index in [-0.39, 0.29) is 17.2 Å². The number of aryl methyl sites for hydroxylation is 2. The van der Waals surface area contributed by atoms with Gasteiger partial charge in [-0.25, -0.2) is 13.1 Å². The largest absolute Gasteiger partial charge is 0.326 e. The summed E-state index contributed by atoms with van der Waals surface area (Å²) in [4.78, 5) is 22.9. The van der Waals surface area contributed by atoms with E-state index in [4.69, 9.17) is 0 Å². The number of amides is 2. The van der Waals surface area contributed by atoms with E-state index in [2.05, 4.69) is 10.0 Å². The maximum Gasteiger partial charge on any atom is 0.264 e. The fourth-order valence-corrected chi connectivity index (χ4v) is 3.40. The molecule has 6 nitrogen and oxygen atoms in total. The van der Waals surface area contributed by atoms with Crippen molar-refractivity contribution in [3.8, 4) is 0 Å². The number of nitrogens with one attached hydrogen (secondary N) is 2. The molecule has 0 aromatic heterocycles. The molecule has 0 heterocycles. The zero-order valence-electron chi connectivity index (χ0n) is 14.8. The Hall–Kier alpha value is -2.67. The minimum absolute atomic E-state index is 0.0292. The second kappa shape index (κ2) is 8.62. The first kappa shape index (κ1) is 19.7. The van der Waals surface area contributed by atoms with Crippen LogP contribution in [-0.4, -0.2) is 20.2 Å². The molecular weight excluding hydrogens is 352 g/mol. The highest BCUT2D eigenvalue weighted by molar-refractivity contribution is 7.90. The van der Waals surface area contributed by atoms with Crippen molar-refractivity contribution in [3.05, 3.63) is 59.7 Å². The first-order valence-electron chi connectivity index (χ1n) is 8.25. The summed E-state index contributed by atoms with van der Waals surface area (Å²) in [6.45, 7) is 3.37. The van der Waals surface area contributed by atoms with E-state index < -0.39 is 15.9 Å². The first-order valence-corrected chi connectivity index (χ1v) is 9.73. The summed E-state index contributed by atoms with van der Waals surface area (Å²) in [6.07, 6.45) is 1.39. The van der Waals surface area contributed by atoms with Crippen molar-refractivity contribution in [3.63, 3.8) is 0 Å². The number of benzene rings is 2. The maximum absolute atomic E-state index is 12.2. The minimum atomic E-state index is -3.92. The van der Waals surface area contributed by atoms with E-state index in [0.29, 0.717) is 18.5 Å². The Morgan fingerprint density at radius 1 is 0.962 bits per heavy atom. The molecule has 0 bridgehead atoms. The second-order valence-electron chi connectivity index (χ2n) is 6.07. The van der Waals surface area contributed by atoms with Crippen molar-refractivity contribution in [1.82, 2.24) is 4.72 Å². The van der Waals surface area contributed by atoms with Crippen LogP contribution in [0.3, 0.4) is 0 Å². The van der Waals surface area contributed by atoms with Crippen molar-refractivity contribution in [2.24, 2.45) is 0 Å². The molecule has 26 heavy (non-hydrogen) atoms. The quantitative estimate of drug-likeness (QED) is 0.779. The number of carbonyl (C=O) groups excluding carboxylic acids is 2. The molecule has 0 spiro atoms. The van der Waals surface area contributed by atoms with Gasteiger partial charge in [-0.15, -0.1) is 0 Å². The smallest absolute Gasteiger partial charge is 0.264 e. The Morgan fingerprint density at radius 3 is 2.15 bits per heavy atom. The van der Waals surface area contributed by atoms with Crippen LogP contribution in [0.5, 0.6) is 0 Å². The highest BCUT2D eigenvalue weighted by Crippen LogP contribution is 2.14. The summed E-state index contributed by atoms with van der Waals surface area (Å²) in [5.74, 6) is -0.787. The van der Waals surface area contributed by atoms with Crippen LogP contribution in [0.1, 0.15) is 30.9 Å². The minimum Gasteiger partial charge on any atom is -0.326 e. The molecule has 0 fully saturated rings. The molecule has 0 saturated carbocycles. The third kappa shape index (κ3) is 6.00. The Bertz CT molecular complexity index is 873. The third-order valence-corrected chi connectivity index (χ3v) is 5.11. The van der Waals surface area contributed by atoms with Crippen LogP contribution in [0.4, 0.5) is 5.69 Å². The van der Waals surface area contributed by atoms with Crippen molar-refractivity contribution < 1.29 is 18.0 Å². The molecule has 2 amide bonds. The topological polar surface area (TPSA) is 92.3 Å². The third-order valence-electron chi connectivity index (χ3n) is 3.72. The van der Waals surface area contributed by atoms with Crippen molar-refractivity contribution in [1.29, 1.82) is 0 Å². The van der Waals surface area contributed by atoms with E-state index in [1.165, 1.54) is 36.8 Å². The average molecular weight is 374 g/mol. The Kier molecular flexibility index (Phi) is 6.52. The summed E-state index contributed by atoms with van der Waals surface area (Å²) in [5, 5.41) is 2.55. The molecule has 0 aliphatic rings. The summed E-state index contributed by atoms with van der Waals surface area (Å²) in [6, 6.07) is 13.6. The van der Waals surface area contributed by atoms with Crippen molar-refractivity contribution >= 4 is 27.5 Å². The molecule has 0 aliphatic carbocycles. The van der Waals surface area contributed by atoms with Gasteiger partial charge in [0.1, 0.15) is 0 Å². The van der Waals surface area contributed by atoms with Crippen LogP contribution in [0, 0.1) is 6.92 Å². The van der Waals surface area contributed by atoms with Crippen LogP contribution >= 0.6 is 0 Å². The molecule has 7 heteroatoms. The van der Waals surface area contributed by atoms with Gasteiger partial charge >= 0.3 is 0 Å². The summed E-state index contributed by atoms with van der Waals surface area (Å²) < 4.78 is 26.5. The van der Waals surface area contributed by atoms with E-state index >= 15 is 0 Å². The van der Waals surface area contributed by atoms with Crippen molar-refractivity contribution in [2.75, 3.05) is 5.32 Å². The summed E-state index contributed by atoms with van der Waals surface area (Å²) >= 11 is 0. The number of hydrogen-bond acceptors (Lipinski definition) is 4. The first-order chi connectivity index (χ1) is 12.3. The average Bonchev–Trinajstić information content (AvgIpc) is 2.56. The number of sulfonamides is 1. The van der Waals surface area contributed by atoms with Crippen LogP contribution in [-0.2, 0) is 26.0 Å². The predicted molar refractivity (Wildman–Crippen MR) is 100 cm³/mol. The normalized spacial score (nSPS) is 11.0. The monoisotopic (exact) mass is 374 g/mol. The highest BCUT2D eigenvalue weighted by atomic mass is 32.2. The van der Waals surface area contributed by atoms with E-state index in [0.717, 1.165) is 5.56 Å². The van der Waals surface area contributed by atoms with Gasteiger partial charge in [0.15, 0.2) is 0 Å². The standard InChI is InChI=1S/C19H22N2O4S/c1-14-6-8-16(9-7-14)4-3-5-19(23)21-26(24,25)18-12-10-17(11-13-18)20-15(2)22/h6-13H,3-5H2,1-2H3,(H,20,22)(H,21,23). The fraction of sp³-hybridized carbons (Fsp3) is 0.263. The fourth-order valence-electron chi connectivity index (χ4n) is 2.39. The molecule has 0 unspecified atom stereocenters. The summed E-state index contributed by atoms with van der Waals surface area (Å²) in [7, 11) is -3.92. The SMILES string of the molecule is CC(=O)Nc1ccc(S(=O)(=O)NC(=O)CCCc2ccc(C)cc2)cc1. The molecule has 2 aromatic carbocycles. The highest BCUT2D eigenvalue weighted by Gasteiger charge is 2.17. The van der Waals surface area contributed by atoms with Gasteiger partial charge in [0.05, 0.1) is 4.90 Å². The molecule has 2 rings (SSSR count). The van der Waals surface area contributed by atoms with Crippen LogP contribution < -0.4 is 10.0 Å². The number of carbonyl (C=O) groups is 2. The van der Waals surface area contributed by atoms with Crippen LogP contribution in [0.15, 0.2) is 53.4 Å². The molecule has 138 valence electrons. The van der Waals surface area contributed by atoms with Gasteiger partial charge in [0, 0.05) is 19.0 Å². The van der Waals surface area contributed by atoms with E-state index in [1.807, 2.05) is 31.2 Å². The second-order valence-corrected chi connectivity index (χ2v) is 7.76. The van der Waals surface area contributed by atoms with Crippen LogP contribution in [0.2, 0.25) is 0 Å². The zero-order chi connectivity index (χ0) is 19.2. The van der Waals surface area contributed by atoms with Gasteiger partial charge in [-0.2, -0.15) is 0 Å². The molecule has 0 atom stereocenters. The predicted octanol–water partition coefficient (Wildman–Crippen LogP) is 2.78. The maximum atomic E-state index is 12.2. The molecule has 0 saturated heterocycles. The van der Waals surface area contributed by atoms with Gasteiger partial charge in [-0.05, 0) is 49.6 Å². The molecular formula is C19H22N2O4S. The number of hydrogen-bond donors (Lipinski definition) is 2. The summed E-state index contributed by atoms with van der Waals surface area (Å²) in [5.41, 5.74) is 2.77.